The predicted octanol–water partition coefficient (Wildman–Crippen LogP) is 4.39. The number of carboxylic acids is 2. The van der Waals surface area contributed by atoms with Crippen LogP contribution in [0.5, 0.6) is 0 Å². The van der Waals surface area contributed by atoms with E-state index in [4.69, 9.17) is 10.2 Å². The Morgan fingerprint density at radius 3 is 1.65 bits per heavy atom. The zero-order chi connectivity index (χ0) is 15.2. The molecule has 0 spiro atoms. The molecule has 0 fully saturated rings. The highest BCUT2D eigenvalue weighted by Crippen LogP contribution is 2.13. The molecule has 0 saturated heterocycles. The molecule has 0 heterocycles. The van der Waals surface area contributed by atoms with Gasteiger partial charge in [-0.15, -0.1) is 0 Å². The van der Waals surface area contributed by atoms with E-state index in [2.05, 4.69) is 6.92 Å². The van der Waals surface area contributed by atoms with Crippen LogP contribution in [0, 0.1) is 0 Å². The summed E-state index contributed by atoms with van der Waals surface area (Å²) in [6.45, 7) is 2.21. The zero-order valence-corrected chi connectivity index (χ0v) is 12.6. The Kier molecular flexibility index (Phi) is 11.9. The Labute approximate surface area is 121 Å². The Morgan fingerprint density at radius 1 is 0.800 bits per heavy atom. The molecule has 0 aliphatic rings. The number of unbranched alkanes of at least 4 members (excludes halogenated alkanes) is 9. The highest BCUT2D eigenvalue weighted by Gasteiger charge is 2.08. The molecule has 0 rings (SSSR count). The van der Waals surface area contributed by atoms with Crippen LogP contribution in [0.25, 0.3) is 0 Å². The molecule has 0 radical (unpaired) electrons. The summed E-state index contributed by atoms with van der Waals surface area (Å²) >= 11 is 0. The normalized spacial score (nSPS) is 11.6. The quantitative estimate of drug-likeness (QED) is 0.388. The first-order valence-corrected chi connectivity index (χ1v) is 7.74. The molecule has 0 atom stereocenters. The van der Waals surface area contributed by atoms with E-state index >= 15 is 0 Å². The minimum Gasteiger partial charge on any atom is -0.478 e. The lowest BCUT2D eigenvalue weighted by molar-refractivity contribution is -0.135. The van der Waals surface area contributed by atoms with Crippen molar-refractivity contribution in [2.75, 3.05) is 0 Å². The first-order chi connectivity index (χ1) is 9.57. The fourth-order valence-corrected chi connectivity index (χ4v) is 2.19. The standard InChI is InChI=1S/C16H28O4/c1-2-3-4-5-6-7-8-9-10-11-12-14(16(19)20)13-15(17)18/h13H,2-12H2,1H3,(H,17,18)(H,19,20)/b14-13+. The van der Waals surface area contributed by atoms with Crippen LogP contribution >= 0.6 is 0 Å². The van der Waals surface area contributed by atoms with Gasteiger partial charge in [-0.1, -0.05) is 64.7 Å². The predicted molar refractivity (Wildman–Crippen MR) is 79.8 cm³/mol. The second-order valence-electron chi connectivity index (χ2n) is 5.24. The summed E-state index contributed by atoms with van der Waals surface area (Å²) < 4.78 is 0. The summed E-state index contributed by atoms with van der Waals surface area (Å²) in [6.07, 6.45) is 13.0. The van der Waals surface area contributed by atoms with Crippen molar-refractivity contribution in [2.45, 2.75) is 77.6 Å². The van der Waals surface area contributed by atoms with Gasteiger partial charge in [0.25, 0.3) is 0 Å². The second kappa shape index (κ2) is 12.7. The largest absolute Gasteiger partial charge is 0.478 e. The number of aliphatic carboxylic acids is 2. The molecular formula is C16H28O4. The van der Waals surface area contributed by atoms with Crippen LogP contribution in [0.15, 0.2) is 11.6 Å². The number of carboxylic acid groups (broad SMARTS) is 2. The number of carbonyl (C=O) groups is 2. The Balaban J connectivity index is 3.51. The SMILES string of the molecule is CCCCCCCCCCCC/C(=C\C(=O)O)C(=O)O. The lowest BCUT2D eigenvalue weighted by atomic mass is 10.0. The minimum absolute atomic E-state index is 0.00272. The fraction of sp³-hybridized carbons (Fsp3) is 0.750. The summed E-state index contributed by atoms with van der Waals surface area (Å²) in [4.78, 5) is 21.3. The molecule has 0 aromatic rings. The van der Waals surface area contributed by atoms with Crippen molar-refractivity contribution in [3.05, 3.63) is 11.6 Å². The van der Waals surface area contributed by atoms with E-state index in [0.29, 0.717) is 6.42 Å². The van der Waals surface area contributed by atoms with Gasteiger partial charge in [0.15, 0.2) is 0 Å². The molecule has 0 aliphatic heterocycles. The molecule has 0 unspecified atom stereocenters. The molecular weight excluding hydrogens is 256 g/mol. The van der Waals surface area contributed by atoms with E-state index in [1.807, 2.05) is 0 Å². The molecule has 4 nitrogen and oxygen atoms in total. The van der Waals surface area contributed by atoms with E-state index in [-0.39, 0.29) is 5.57 Å². The lowest BCUT2D eigenvalue weighted by Gasteiger charge is -2.03. The van der Waals surface area contributed by atoms with E-state index in [0.717, 1.165) is 25.3 Å². The maximum absolute atomic E-state index is 10.8. The van der Waals surface area contributed by atoms with Crippen LogP contribution in [0.1, 0.15) is 77.6 Å². The van der Waals surface area contributed by atoms with Crippen LogP contribution in [-0.2, 0) is 9.59 Å². The molecule has 0 aromatic carbocycles. The van der Waals surface area contributed by atoms with Crippen molar-refractivity contribution in [1.29, 1.82) is 0 Å². The lowest BCUT2D eigenvalue weighted by Crippen LogP contribution is -2.04. The fourth-order valence-electron chi connectivity index (χ4n) is 2.19. The second-order valence-corrected chi connectivity index (χ2v) is 5.24. The summed E-state index contributed by atoms with van der Waals surface area (Å²) in [7, 11) is 0. The van der Waals surface area contributed by atoms with Crippen molar-refractivity contribution in [2.24, 2.45) is 0 Å². The molecule has 0 saturated carbocycles. The van der Waals surface area contributed by atoms with Crippen LogP contribution in [-0.4, -0.2) is 22.2 Å². The van der Waals surface area contributed by atoms with E-state index in [9.17, 15) is 9.59 Å². The highest BCUT2D eigenvalue weighted by atomic mass is 16.4. The van der Waals surface area contributed by atoms with Crippen LogP contribution in [0.3, 0.4) is 0 Å². The highest BCUT2D eigenvalue weighted by molar-refractivity contribution is 5.94. The number of hydrogen-bond acceptors (Lipinski definition) is 2. The molecule has 20 heavy (non-hydrogen) atoms. The van der Waals surface area contributed by atoms with Gasteiger partial charge < -0.3 is 10.2 Å². The van der Waals surface area contributed by atoms with Crippen molar-refractivity contribution < 1.29 is 19.8 Å². The van der Waals surface area contributed by atoms with E-state index in [1.54, 1.807) is 0 Å². The Morgan fingerprint density at radius 2 is 1.25 bits per heavy atom. The van der Waals surface area contributed by atoms with Gasteiger partial charge in [0, 0.05) is 11.6 Å². The van der Waals surface area contributed by atoms with Gasteiger partial charge in [-0.3, -0.25) is 0 Å². The van der Waals surface area contributed by atoms with Crippen LogP contribution in [0.4, 0.5) is 0 Å². The third-order valence-electron chi connectivity index (χ3n) is 3.37. The first-order valence-electron chi connectivity index (χ1n) is 7.74. The molecule has 4 heteroatoms. The van der Waals surface area contributed by atoms with E-state index in [1.165, 1.54) is 44.9 Å². The third kappa shape index (κ3) is 11.8. The average Bonchev–Trinajstić information content (AvgIpc) is 2.39. The van der Waals surface area contributed by atoms with Gasteiger partial charge in [0.05, 0.1) is 0 Å². The molecule has 0 aliphatic carbocycles. The average molecular weight is 284 g/mol. The van der Waals surface area contributed by atoms with E-state index < -0.39 is 11.9 Å². The van der Waals surface area contributed by atoms with Gasteiger partial charge in [0.2, 0.25) is 0 Å². The summed E-state index contributed by atoms with van der Waals surface area (Å²) in [5, 5.41) is 17.4. The van der Waals surface area contributed by atoms with Crippen molar-refractivity contribution in [3.63, 3.8) is 0 Å². The van der Waals surface area contributed by atoms with Crippen molar-refractivity contribution >= 4 is 11.9 Å². The van der Waals surface area contributed by atoms with Gasteiger partial charge in [-0.05, 0) is 12.8 Å². The zero-order valence-electron chi connectivity index (χ0n) is 12.6. The third-order valence-corrected chi connectivity index (χ3v) is 3.37. The molecule has 0 bridgehead atoms. The van der Waals surface area contributed by atoms with Crippen LogP contribution in [0.2, 0.25) is 0 Å². The van der Waals surface area contributed by atoms with Gasteiger partial charge in [-0.25, -0.2) is 9.59 Å². The maximum atomic E-state index is 10.8. The van der Waals surface area contributed by atoms with Gasteiger partial charge in [0.1, 0.15) is 0 Å². The van der Waals surface area contributed by atoms with Gasteiger partial charge >= 0.3 is 11.9 Å². The summed E-state index contributed by atoms with van der Waals surface area (Å²) in [6, 6.07) is 0. The topological polar surface area (TPSA) is 74.6 Å². The molecule has 0 aromatic heterocycles. The summed E-state index contributed by atoms with van der Waals surface area (Å²) in [5.41, 5.74) is -0.00272. The first kappa shape index (κ1) is 18.7. The smallest absolute Gasteiger partial charge is 0.331 e. The number of rotatable bonds is 13. The van der Waals surface area contributed by atoms with Crippen molar-refractivity contribution in [3.8, 4) is 0 Å². The molecule has 2 N–H and O–H groups in total. The number of hydrogen-bond donors (Lipinski definition) is 2. The molecule has 0 amide bonds. The summed E-state index contributed by atoms with van der Waals surface area (Å²) in [5.74, 6) is -2.31. The minimum atomic E-state index is -1.19. The Bertz CT molecular complexity index is 308. The Hall–Kier alpha value is -1.32. The van der Waals surface area contributed by atoms with Crippen LogP contribution < -0.4 is 0 Å². The maximum Gasteiger partial charge on any atom is 0.331 e. The monoisotopic (exact) mass is 284 g/mol. The molecule has 116 valence electrons. The van der Waals surface area contributed by atoms with Gasteiger partial charge in [-0.2, -0.15) is 0 Å². The van der Waals surface area contributed by atoms with Crippen molar-refractivity contribution in [1.82, 2.24) is 0 Å².